The Balaban J connectivity index is 1.75. The van der Waals surface area contributed by atoms with Gasteiger partial charge in [0, 0.05) is 18.2 Å². The monoisotopic (exact) mass is 304 g/mol. The van der Waals surface area contributed by atoms with Gasteiger partial charge in [0.15, 0.2) is 5.76 Å². The molecule has 1 saturated carbocycles. The fourth-order valence-electron chi connectivity index (χ4n) is 2.37. The molecule has 1 aromatic heterocycles. The second kappa shape index (κ2) is 5.92. The zero-order valence-corrected chi connectivity index (χ0v) is 12.3. The summed E-state index contributed by atoms with van der Waals surface area (Å²) in [6, 6.07) is 10.8. The largest absolute Gasteiger partial charge is 0.451 e. The zero-order chi connectivity index (χ0) is 14.8. The molecule has 1 aliphatic carbocycles. The first kappa shape index (κ1) is 14.2. The molecule has 2 aromatic rings. The molecule has 3 rings (SSSR count). The van der Waals surface area contributed by atoms with Crippen LogP contribution < -0.4 is 11.1 Å². The molecule has 1 unspecified atom stereocenters. The lowest BCUT2D eigenvalue weighted by Crippen LogP contribution is -2.41. The number of halogens is 1. The molecule has 0 saturated heterocycles. The van der Waals surface area contributed by atoms with Crippen molar-refractivity contribution in [3.63, 3.8) is 0 Å². The van der Waals surface area contributed by atoms with E-state index in [0.717, 1.165) is 18.4 Å². The maximum Gasteiger partial charge on any atom is 0.287 e. The maximum atomic E-state index is 12.2. The summed E-state index contributed by atoms with van der Waals surface area (Å²) in [6.07, 6.45) is 2.26. The van der Waals surface area contributed by atoms with Gasteiger partial charge in [-0.3, -0.25) is 4.79 Å². The number of carbonyl (C=O) groups excluding carboxylic acids is 1. The first-order valence-electron chi connectivity index (χ1n) is 7.04. The minimum atomic E-state index is -0.226. The summed E-state index contributed by atoms with van der Waals surface area (Å²) in [5.74, 6) is 1.15. The maximum absolute atomic E-state index is 12.2. The summed E-state index contributed by atoms with van der Waals surface area (Å²) in [4.78, 5) is 12.2. The van der Waals surface area contributed by atoms with Crippen LogP contribution in [0.2, 0.25) is 5.02 Å². The van der Waals surface area contributed by atoms with Crippen molar-refractivity contribution in [2.24, 2.45) is 11.7 Å². The first-order valence-corrected chi connectivity index (χ1v) is 7.42. The molecule has 21 heavy (non-hydrogen) atoms. The van der Waals surface area contributed by atoms with Gasteiger partial charge in [0.25, 0.3) is 5.91 Å². The van der Waals surface area contributed by atoms with Crippen LogP contribution in [0.3, 0.4) is 0 Å². The third kappa shape index (κ3) is 3.12. The van der Waals surface area contributed by atoms with E-state index in [4.69, 9.17) is 21.8 Å². The van der Waals surface area contributed by atoms with Crippen molar-refractivity contribution in [1.82, 2.24) is 5.32 Å². The lowest BCUT2D eigenvalue weighted by atomic mass is 10.2. The molecule has 0 radical (unpaired) electrons. The first-order chi connectivity index (χ1) is 10.2. The molecule has 0 spiro atoms. The van der Waals surface area contributed by atoms with Crippen molar-refractivity contribution in [3.8, 4) is 11.3 Å². The van der Waals surface area contributed by atoms with Gasteiger partial charge < -0.3 is 15.5 Å². The molecule has 1 atom stereocenters. The molecule has 1 fully saturated rings. The van der Waals surface area contributed by atoms with E-state index in [1.54, 1.807) is 18.2 Å². The molecule has 0 aliphatic heterocycles. The molecule has 1 amide bonds. The number of rotatable bonds is 5. The Hall–Kier alpha value is -1.78. The van der Waals surface area contributed by atoms with E-state index in [1.807, 2.05) is 18.2 Å². The van der Waals surface area contributed by atoms with Crippen molar-refractivity contribution in [1.29, 1.82) is 0 Å². The molecule has 1 aromatic carbocycles. The molecule has 0 bridgehead atoms. The zero-order valence-electron chi connectivity index (χ0n) is 11.5. The predicted molar refractivity (Wildman–Crippen MR) is 82.2 cm³/mol. The van der Waals surface area contributed by atoms with Gasteiger partial charge in [-0.1, -0.05) is 23.7 Å². The molecular formula is C16H17ClN2O2. The fraction of sp³-hybridized carbons (Fsp3) is 0.312. The number of nitrogens with one attached hydrogen (secondary N) is 1. The number of carbonyl (C=O) groups is 1. The van der Waals surface area contributed by atoms with Crippen LogP contribution >= 0.6 is 11.6 Å². The van der Waals surface area contributed by atoms with E-state index in [1.165, 1.54) is 0 Å². The van der Waals surface area contributed by atoms with Crippen molar-refractivity contribution < 1.29 is 9.21 Å². The van der Waals surface area contributed by atoms with Crippen molar-refractivity contribution >= 4 is 17.5 Å². The normalized spacial score (nSPS) is 15.7. The summed E-state index contributed by atoms with van der Waals surface area (Å²) >= 11 is 6.13. The second-order valence-electron chi connectivity index (χ2n) is 5.30. The van der Waals surface area contributed by atoms with Crippen LogP contribution in [0.15, 0.2) is 40.8 Å². The number of hydrogen-bond acceptors (Lipinski definition) is 3. The van der Waals surface area contributed by atoms with E-state index < -0.39 is 0 Å². The summed E-state index contributed by atoms with van der Waals surface area (Å²) in [7, 11) is 0. The van der Waals surface area contributed by atoms with Gasteiger partial charge in [-0.25, -0.2) is 0 Å². The number of amides is 1. The van der Waals surface area contributed by atoms with E-state index >= 15 is 0 Å². The van der Waals surface area contributed by atoms with Crippen molar-refractivity contribution in [2.75, 3.05) is 6.54 Å². The number of benzene rings is 1. The highest BCUT2D eigenvalue weighted by atomic mass is 35.5. The van der Waals surface area contributed by atoms with E-state index in [0.29, 0.717) is 23.2 Å². The second-order valence-corrected chi connectivity index (χ2v) is 5.70. The van der Waals surface area contributed by atoms with Gasteiger partial charge in [0.05, 0.1) is 5.02 Å². The Morgan fingerprint density at radius 2 is 2.10 bits per heavy atom. The molecular weight excluding hydrogens is 288 g/mol. The van der Waals surface area contributed by atoms with Crippen LogP contribution in [0.5, 0.6) is 0 Å². The number of nitrogens with two attached hydrogens (primary N) is 1. The van der Waals surface area contributed by atoms with Crippen molar-refractivity contribution in [2.45, 2.75) is 18.9 Å². The Kier molecular flexibility index (Phi) is 3.99. The van der Waals surface area contributed by atoms with Gasteiger partial charge in [0.2, 0.25) is 0 Å². The van der Waals surface area contributed by atoms with E-state index in [2.05, 4.69) is 5.32 Å². The van der Waals surface area contributed by atoms with E-state index in [-0.39, 0.29) is 17.7 Å². The average Bonchev–Trinajstić information content (AvgIpc) is 3.21. The summed E-state index contributed by atoms with van der Waals surface area (Å²) in [6.45, 7) is 0.453. The minimum absolute atomic E-state index is 0.0337. The Morgan fingerprint density at radius 3 is 2.76 bits per heavy atom. The highest BCUT2D eigenvalue weighted by Crippen LogP contribution is 2.33. The quantitative estimate of drug-likeness (QED) is 0.892. The molecule has 3 N–H and O–H groups in total. The standard InChI is InChI=1S/C16H17ClN2O2/c17-12-4-2-1-3-11(12)14-7-8-15(21-14)16(20)19-13(9-18)10-5-6-10/h1-4,7-8,10,13H,5-6,9,18H2,(H,19,20). The van der Waals surface area contributed by atoms with Gasteiger partial charge >= 0.3 is 0 Å². The smallest absolute Gasteiger partial charge is 0.287 e. The number of hydrogen-bond donors (Lipinski definition) is 2. The van der Waals surface area contributed by atoms with Crippen LogP contribution in [0.4, 0.5) is 0 Å². The van der Waals surface area contributed by atoms with Gasteiger partial charge in [-0.2, -0.15) is 0 Å². The highest BCUT2D eigenvalue weighted by molar-refractivity contribution is 6.33. The fourth-order valence-corrected chi connectivity index (χ4v) is 2.60. The van der Waals surface area contributed by atoms with Crippen LogP contribution in [0.25, 0.3) is 11.3 Å². The van der Waals surface area contributed by atoms with Crippen LogP contribution in [-0.4, -0.2) is 18.5 Å². The molecule has 110 valence electrons. The SMILES string of the molecule is NCC(NC(=O)c1ccc(-c2ccccc2Cl)o1)C1CC1. The summed E-state index contributed by atoms with van der Waals surface area (Å²) in [5.41, 5.74) is 6.47. The van der Waals surface area contributed by atoms with Gasteiger partial charge in [-0.15, -0.1) is 0 Å². The van der Waals surface area contributed by atoms with E-state index in [9.17, 15) is 4.79 Å². The lowest BCUT2D eigenvalue weighted by Gasteiger charge is -2.14. The van der Waals surface area contributed by atoms with Crippen molar-refractivity contribution in [3.05, 3.63) is 47.2 Å². The Bertz CT molecular complexity index is 649. The average molecular weight is 305 g/mol. The Labute approximate surface area is 128 Å². The number of furan rings is 1. The highest BCUT2D eigenvalue weighted by Gasteiger charge is 2.31. The summed E-state index contributed by atoms with van der Waals surface area (Å²) in [5, 5.41) is 3.53. The molecule has 1 aliphatic rings. The molecule has 1 heterocycles. The van der Waals surface area contributed by atoms with Gasteiger partial charge in [0.1, 0.15) is 5.76 Å². The van der Waals surface area contributed by atoms with Crippen LogP contribution in [0.1, 0.15) is 23.4 Å². The minimum Gasteiger partial charge on any atom is -0.451 e. The molecule has 4 nitrogen and oxygen atoms in total. The van der Waals surface area contributed by atoms with Crippen LogP contribution in [0, 0.1) is 5.92 Å². The predicted octanol–water partition coefficient (Wildman–Crippen LogP) is 3.07. The topological polar surface area (TPSA) is 68.3 Å². The van der Waals surface area contributed by atoms with Crippen LogP contribution in [-0.2, 0) is 0 Å². The Morgan fingerprint density at radius 1 is 1.33 bits per heavy atom. The molecule has 5 heteroatoms. The third-order valence-electron chi connectivity index (χ3n) is 3.73. The third-order valence-corrected chi connectivity index (χ3v) is 4.06. The van der Waals surface area contributed by atoms with Gasteiger partial charge in [-0.05, 0) is 43.0 Å². The lowest BCUT2D eigenvalue weighted by molar-refractivity contribution is 0.0906. The summed E-state index contributed by atoms with van der Waals surface area (Å²) < 4.78 is 5.62.